The Bertz CT molecular complexity index is 62.2. The standard InChI is InChI=1S/C6H10S/c1-2-3-4-5-6-7/h2-3,5-7H,4H2,1H3/b3-2+,6-5+. The number of thiol groups is 1. The van der Waals surface area contributed by atoms with Gasteiger partial charge in [0, 0.05) is 0 Å². The van der Waals surface area contributed by atoms with Crippen molar-refractivity contribution in [3.05, 3.63) is 23.6 Å². The largest absolute Gasteiger partial charge is 0.152 e. The zero-order valence-electron chi connectivity index (χ0n) is 4.46. The van der Waals surface area contributed by atoms with Gasteiger partial charge in [-0.25, -0.2) is 0 Å². The molecular formula is C6H10S. The Morgan fingerprint density at radius 3 is 2.57 bits per heavy atom. The van der Waals surface area contributed by atoms with Crippen LogP contribution in [-0.2, 0) is 0 Å². The molecule has 0 saturated carbocycles. The molecule has 0 aromatic rings. The van der Waals surface area contributed by atoms with Crippen molar-refractivity contribution in [2.24, 2.45) is 0 Å². The summed E-state index contributed by atoms with van der Waals surface area (Å²) >= 11 is 3.88. The molecule has 0 N–H and O–H groups in total. The van der Waals surface area contributed by atoms with Gasteiger partial charge in [0.2, 0.25) is 0 Å². The van der Waals surface area contributed by atoms with E-state index in [2.05, 4.69) is 18.7 Å². The lowest BCUT2D eigenvalue weighted by Gasteiger charge is -1.73. The molecule has 1 heteroatoms. The summed E-state index contributed by atoms with van der Waals surface area (Å²) in [6.07, 6.45) is 7.09. The highest BCUT2D eigenvalue weighted by Crippen LogP contribution is 1.85. The van der Waals surface area contributed by atoms with Crippen molar-refractivity contribution in [2.75, 3.05) is 0 Å². The van der Waals surface area contributed by atoms with E-state index in [1.54, 1.807) is 5.41 Å². The third kappa shape index (κ3) is 5.83. The number of hydrogen-bond donors (Lipinski definition) is 1. The first-order chi connectivity index (χ1) is 3.41. The van der Waals surface area contributed by atoms with Crippen LogP contribution in [0.4, 0.5) is 0 Å². The first kappa shape index (κ1) is 6.83. The summed E-state index contributed by atoms with van der Waals surface area (Å²) < 4.78 is 0. The Balaban J connectivity index is 2.98. The predicted molar refractivity (Wildman–Crippen MR) is 37.6 cm³/mol. The molecule has 0 nitrogen and oxygen atoms in total. The van der Waals surface area contributed by atoms with E-state index in [9.17, 15) is 0 Å². The summed E-state index contributed by atoms with van der Waals surface area (Å²) in [7, 11) is 0. The van der Waals surface area contributed by atoms with E-state index in [4.69, 9.17) is 0 Å². The van der Waals surface area contributed by atoms with Crippen molar-refractivity contribution in [3.8, 4) is 0 Å². The fraction of sp³-hybridized carbons (Fsp3) is 0.333. The maximum atomic E-state index is 3.88. The van der Waals surface area contributed by atoms with Crippen molar-refractivity contribution in [1.82, 2.24) is 0 Å². The molecule has 0 aliphatic carbocycles. The van der Waals surface area contributed by atoms with E-state index in [1.165, 1.54) is 0 Å². The van der Waals surface area contributed by atoms with Gasteiger partial charge in [-0.15, -0.1) is 0 Å². The minimum atomic E-state index is 1.00. The third-order valence-electron chi connectivity index (χ3n) is 0.613. The Labute approximate surface area is 50.3 Å². The van der Waals surface area contributed by atoms with E-state index < -0.39 is 0 Å². The Kier molecular flexibility index (Phi) is 5.69. The molecule has 0 aromatic heterocycles. The monoisotopic (exact) mass is 114 g/mol. The minimum Gasteiger partial charge on any atom is -0.152 e. The molecule has 0 radical (unpaired) electrons. The zero-order chi connectivity index (χ0) is 5.54. The van der Waals surface area contributed by atoms with Crippen molar-refractivity contribution < 1.29 is 0 Å². The van der Waals surface area contributed by atoms with Gasteiger partial charge in [0.15, 0.2) is 0 Å². The molecule has 0 saturated heterocycles. The van der Waals surface area contributed by atoms with Gasteiger partial charge in [-0.3, -0.25) is 0 Å². The van der Waals surface area contributed by atoms with Crippen molar-refractivity contribution in [1.29, 1.82) is 0 Å². The summed E-state index contributed by atoms with van der Waals surface area (Å²) in [5.41, 5.74) is 0. The lowest BCUT2D eigenvalue weighted by Crippen LogP contribution is -1.50. The maximum Gasteiger partial charge on any atom is -0.0161 e. The van der Waals surface area contributed by atoms with Crippen LogP contribution in [0.15, 0.2) is 23.6 Å². The van der Waals surface area contributed by atoms with E-state index in [1.807, 2.05) is 19.1 Å². The van der Waals surface area contributed by atoms with Gasteiger partial charge in [0.05, 0.1) is 0 Å². The SMILES string of the molecule is C/C=C/C/C=C/S. The van der Waals surface area contributed by atoms with Crippen molar-refractivity contribution in [3.63, 3.8) is 0 Å². The highest BCUT2D eigenvalue weighted by Gasteiger charge is 1.61. The molecule has 0 spiro atoms. The topological polar surface area (TPSA) is 0 Å². The quantitative estimate of drug-likeness (QED) is 0.413. The maximum absolute atomic E-state index is 3.88. The van der Waals surface area contributed by atoms with E-state index in [0.29, 0.717) is 0 Å². The predicted octanol–water partition coefficient (Wildman–Crippen LogP) is 2.40. The van der Waals surface area contributed by atoms with Crippen LogP contribution in [0.3, 0.4) is 0 Å². The van der Waals surface area contributed by atoms with Crippen molar-refractivity contribution in [2.45, 2.75) is 13.3 Å². The van der Waals surface area contributed by atoms with Crippen LogP contribution >= 0.6 is 12.6 Å². The second kappa shape index (κ2) is 5.83. The summed E-state index contributed by atoms with van der Waals surface area (Å²) in [6, 6.07) is 0. The van der Waals surface area contributed by atoms with Crippen LogP contribution in [0.2, 0.25) is 0 Å². The van der Waals surface area contributed by atoms with E-state index in [-0.39, 0.29) is 0 Å². The molecule has 0 unspecified atom stereocenters. The van der Waals surface area contributed by atoms with Gasteiger partial charge in [0.25, 0.3) is 0 Å². The van der Waals surface area contributed by atoms with Crippen molar-refractivity contribution >= 4 is 12.6 Å². The van der Waals surface area contributed by atoms with Gasteiger partial charge in [0.1, 0.15) is 0 Å². The van der Waals surface area contributed by atoms with Crippen LogP contribution in [0.5, 0.6) is 0 Å². The Morgan fingerprint density at radius 1 is 1.43 bits per heavy atom. The Hall–Kier alpha value is -0.170. The smallest absolute Gasteiger partial charge is 0.0161 e. The third-order valence-corrected chi connectivity index (χ3v) is 0.824. The number of hydrogen-bond acceptors (Lipinski definition) is 1. The van der Waals surface area contributed by atoms with Crippen LogP contribution in [0, 0.1) is 0 Å². The van der Waals surface area contributed by atoms with E-state index >= 15 is 0 Å². The van der Waals surface area contributed by atoms with Gasteiger partial charge < -0.3 is 0 Å². The fourth-order valence-electron chi connectivity index (χ4n) is 0.276. The zero-order valence-corrected chi connectivity index (χ0v) is 5.36. The first-order valence-electron chi connectivity index (χ1n) is 2.32. The van der Waals surface area contributed by atoms with E-state index in [0.717, 1.165) is 6.42 Å². The van der Waals surface area contributed by atoms with Crippen LogP contribution in [0.1, 0.15) is 13.3 Å². The van der Waals surface area contributed by atoms with Crippen LogP contribution in [0.25, 0.3) is 0 Å². The molecule has 0 rings (SSSR count). The second-order valence-electron chi connectivity index (χ2n) is 1.19. The highest BCUT2D eigenvalue weighted by atomic mass is 32.1. The molecule has 0 fully saturated rings. The fourth-order valence-corrected chi connectivity index (χ4v) is 0.397. The van der Waals surface area contributed by atoms with Gasteiger partial charge in [-0.05, 0) is 18.8 Å². The molecule has 0 aliphatic rings. The average Bonchev–Trinajstić information content (AvgIpc) is 1.69. The summed E-state index contributed by atoms with van der Waals surface area (Å²) in [4.78, 5) is 0. The molecule has 7 heavy (non-hydrogen) atoms. The summed E-state index contributed by atoms with van der Waals surface area (Å²) in [6.45, 7) is 2.01. The van der Waals surface area contributed by atoms with Gasteiger partial charge in [-0.1, -0.05) is 18.2 Å². The average molecular weight is 114 g/mol. The van der Waals surface area contributed by atoms with Gasteiger partial charge in [-0.2, -0.15) is 12.6 Å². The molecule has 0 bridgehead atoms. The first-order valence-corrected chi connectivity index (χ1v) is 2.84. The van der Waals surface area contributed by atoms with Crippen LogP contribution in [-0.4, -0.2) is 0 Å². The number of rotatable bonds is 2. The van der Waals surface area contributed by atoms with Gasteiger partial charge >= 0.3 is 0 Å². The number of allylic oxidation sites excluding steroid dienone is 3. The normalized spacial score (nSPS) is 11.7. The molecule has 0 heterocycles. The molecule has 0 atom stereocenters. The lowest BCUT2D eigenvalue weighted by atomic mass is 10.4. The molecule has 40 valence electrons. The minimum absolute atomic E-state index is 1.00. The highest BCUT2D eigenvalue weighted by molar-refractivity contribution is 7.83. The Morgan fingerprint density at radius 2 is 2.14 bits per heavy atom. The lowest BCUT2D eigenvalue weighted by molar-refractivity contribution is 1.39. The second-order valence-corrected chi connectivity index (χ2v) is 1.49. The van der Waals surface area contributed by atoms with Crippen LogP contribution < -0.4 is 0 Å². The molecule has 0 aromatic carbocycles. The summed E-state index contributed by atoms with van der Waals surface area (Å²) in [5, 5.41) is 1.75. The molecular weight excluding hydrogens is 104 g/mol. The molecule has 0 aliphatic heterocycles. The molecule has 0 amide bonds. The summed E-state index contributed by atoms with van der Waals surface area (Å²) in [5.74, 6) is 0.